The highest BCUT2D eigenvalue weighted by atomic mass is 32.1. The van der Waals surface area contributed by atoms with E-state index in [0.717, 1.165) is 40.0 Å². The molecular formula is C18H17F3N4OS. The molecule has 27 heavy (non-hydrogen) atoms. The maximum Gasteiger partial charge on any atom is 0.416 e. The molecule has 0 atom stereocenters. The Kier molecular flexibility index (Phi) is 5.31. The van der Waals surface area contributed by atoms with Crippen molar-refractivity contribution in [3.63, 3.8) is 0 Å². The van der Waals surface area contributed by atoms with Crippen molar-refractivity contribution >= 4 is 33.3 Å². The van der Waals surface area contributed by atoms with Crippen molar-refractivity contribution in [1.82, 2.24) is 15.3 Å². The first kappa shape index (κ1) is 19.1. The van der Waals surface area contributed by atoms with Crippen LogP contribution in [0.2, 0.25) is 0 Å². The molecule has 0 aliphatic carbocycles. The van der Waals surface area contributed by atoms with Gasteiger partial charge in [0.15, 0.2) is 0 Å². The molecule has 5 nitrogen and oxygen atoms in total. The molecule has 0 radical (unpaired) electrons. The van der Waals surface area contributed by atoms with E-state index in [2.05, 4.69) is 20.6 Å². The number of carbonyl (C=O) groups excluding carboxylic acids is 1. The first-order valence-corrected chi connectivity index (χ1v) is 8.99. The summed E-state index contributed by atoms with van der Waals surface area (Å²) >= 11 is 1.60. The SMILES string of the molecule is Cc1sc2ncnc(NCCNC(=O)c3ccc(C(F)(F)F)cc3)c2c1C. The largest absolute Gasteiger partial charge is 0.416 e. The number of amides is 1. The van der Waals surface area contributed by atoms with Gasteiger partial charge in [0.1, 0.15) is 17.0 Å². The summed E-state index contributed by atoms with van der Waals surface area (Å²) in [7, 11) is 0. The smallest absolute Gasteiger partial charge is 0.368 e. The van der Waals surface area contributed by atoms with Crippen LogP contribution in [0.3, 0.4) is 0 Å². The van der Waals surface area contributed by atoms with E-state index in [0.29, 0.717) is 18.9 Å². The number of hydrogen-bond donors (Lipinski definition) is 2. The molecule has 0 bridgehead atoms. The Hall–Kier alpha value is -2.68. The molecule has 9 heteroatoms. The maximum atomic E-state index is 12.6. The third-order valence-corrected chi connectivity index (χ3v) is 5.26. The number of aryl methyl sites for hydroxylation is 2. The van der Waals surface area contributed by atoms with Crippen LogP contribution < -0.4 is 10.6 Å². The number of fused-ring (bicyclic) bond motifs is 1. The van der Waals surface area contributed by atoms with Crippen molar-refractivity contribution < 1.29 is 18.0 Å². The van der Waals surface area contributed by atoms with Crippen molar-refractivity contribution in [1.29, 1.82) is 0 Å². The summed E-state index contributed by atoms with van der Waals surface area (Å²) in [4.78, 5) is 22.6. The maximum absolute atomic E-state index is 12.6. The van der Waals surface area contributed by atoms with Crippen LogP contribution in [0.25, 0.3) is 10.2 Å². The molecule has 2 heterocycles. The lowest BCUT2D eigenvalue weighted by atomic mass is 10.1. The summed E-state index contributed by atoms with van der Waals surface area (Å²) < 4.78 is 37.7. The summed E-state index contributed by atoms with van der Waals surface area (Å²) in [6.45, 7) is 4.76. The van der Waals surface area contributed by atoms with Gasteiger partial charge in [0.2, 0.25) is 0 Å². The number of carbonyl (C=O) groups is 1. The van der Waals surface area contributed by atoms with Gasteiger partial charge in [0, 0.05) is 23.5 Å². The monoisotopic (exact) mass is 394 g/mol. The van der Waals surface area contributed by atoms with E-state index in [9.17, 15) is 18.0 Å². The summed E-state index contributed by atoms with van der Waals surface area (Å²) in [6, 6.07) is 4.12. The fourth-order valence-corrected chi connectivity index (χ4v) is 3.58. The molecule has 2 N–H and O–H groups in total. The average molecular weight is 394 g/mol. The first-order chi connectivity index (χ1) is 12.8. The highest BCUT2D eigenvalue weighted by Gasteiger charge is 2.30. The van der Waals surface area contributed by atoms with Crippen molar-refractivity contribution in [3.05, 3.63) is 52.2 Å². The Morgan fingerprint density at radius 3 is 2.48 bits per heavy atom. The molecule has 3 aromatic rings. The fraction of sp³-hybridized carbons (Fsp3) is 0.278. The zero-order chi connectivity index (χ0) is 19.6. The Morgan fingerprint density at radius 2 is 1.81 bits per heavy atom. The number of rotatable bonds is 5. The van der Waals surface area contributed by atoms with Crippen LogP contribution in [0.5, 0.6) is 0 Å². The van der Waals surface area contributed by atoms with Crippen LogP contribution >= 0.6 is 11.3 Å². The molecule has 0 spiro atoms. The number of benzene rings is 1. The zero-order valence-electron chi connectivity index (χ0n) is 14.6. The minimum absolute atomic E-state index is 0.178. The Bertz CT molecular complexity index is 967. The first-order valence-electron chi connectivity index (χ1n) is 8.17. The third-order valence-electron chi connectivity index (χ3n) is 4.14. The fourth-order valence-electron chi connectivity index (χ4n) is 2.59. The molecule has 0 aliphatic rings. The molecule has 0 aliphatic heterocycles. The van der Waals surface area contributed by atoms with Crippen LogP contribution in [0.15, 0.2) is 30.6 Å². The predicted octanol–water partition coefficient (Wildman–Crippen LogP) is 4.17. The number of hydrogen-bond acceptors (Lipinski definition) is 5. The van der Waals surface area contributed by atoms with Crippen molar-refractivity contribution in [2.75, 3.05) is 18.4 Å². The van der Waals surface area contributed by atoms with Crippen LogP contribution in [0.4, 0.5) is 19.0 Å². The summed E-state index contributed by atoms with van der Waals surface area (Å²) in [6.07, 6.45) is -2.93. The van der Waals surface area contributed by atoms with Crippen molar-refractivity contribution in [3.8, 4) is 0 Å². The predicted molar refractivity (Wildman–Crippen MR) is 99.2 cm³/mol. The second-order valence-electron chi connectivity index (χ2n) is 5.94. The topological polar surface area (TPSA) is 66.9 Å². The van der Waals surface area contributed by atoms with Crippen LogP contribution in [-0.2, 0) is 6.18 Å². The highest BCUT2D eigenvalue weighted by Crippen LogP contribution is 2.32. The van der Waals surface area contributed by atoms with Crippen molar-refractivity contribution in [2.45, 2.75) is 20.0 Å². The van der Waals surface area contributed by atoms with E-state index in [1.165, 1.54) is 11.2 Å². The number of alkyl halides is 3. The van der Waals surface area contributed by atoms with E-state index in [1.807, 2.05) is 13.8 Å². The van der Waals surface area contributed by atoms with Gasteiger partial charge in [-0.2, -0.15) is 13.2 Å². The number of thiophene rings is 1. The van der Waals surface area contributed by atoms with Crippen LogP contribution in [-0.4, -0.2) is 29.0 Å². The molecule has 142 valence electrons. The molecule has 0 unspecified atom stereocenters. The van der Waals surface area contributed by atoms with Crippen molar-refractivity contribution in [2.24, 2.45) is 0 Å². The second-order valence-corrected chi connectivity index (χ2v) is 7.15. The van der Waals surface area contributed by atoms with Gasteiger partial charge < -0.3 is 10.6 Å². The Labute approximate surface area is 157 Å². The molecule has 1 amide bonds. The molecule has 3 rings (SSSR count). The van der Waals surface area contributed by atoms with Gasteiger partial charge in [0.05, 0.1) is 10.9 Å². The quantitative estimate of drug-likeness (QED) is 0.638. The van der Waals surface area contributed by atoms with E-state index in [-0.39, 0.29) is 5.56 Å². The van der Waals surface area contributed by atoms with Gasteiger partial charge in [-0.15, -0.1) is 11.3 Å². The lowest BCUT2D eigenvalue weighted by molar-refractivity contribution is -0.137. The van der Waals surface area contributed by atoms with Gasteiger partial charge in [-0.25, -0.2) is 9.97 Å². The second kappa shape index (κ2) is 7.51. The normalized spacial score (nSPS) is 11.6. The van der Waals surface area contributed by atoms with Gasteiger partial charge in [-0.3, -0.25) is 4.79 Å². The van der Waals surface area contributed by atoms with Gasteiger partial charge in [-0.1, -0.05) is 0 Å². The lowest BCUT2D eigenvalue weighted by Crippen LogP contribution is -2.29. The van der Waals surface area contributed by atoms with Gasteiger partial charge in [0.25, 0.3) is 5.91 Å². The minimum atomic E-state index is -4.42. The molecule has 2 aromatic heterocycles. The molecule has 0 saturated carbocycles. The van der Waals surface area contributed by atoms with E-state index in [4.69, 9.17) is 0 Å². The summed E-state index contributed by atoms with van der Waals surface area (Å²) in [5.41, 5.74) is 0.513. The Morgan fingerprint density at radius 1 is 1.11 bits per heavy atom. The average Bonchev–Trinajstić information content (AvgIpc) is 2.93. The number of halogens is 3. The number of anilines is 1. The van der Waals surface area contributed by atoms with Gasteiger partial charge >= 0.3 is 6.18 Å². The number of nitrogens with one attached hydrogen (secondary N) is 2. The number of aromatic nitrogens is 2. The molecular weight excluding hydrogens is 377 g/mol. The Balaban J connectivity index is 1.57. The molecule has 0 fully saturated rings. The summed E-state index contributed by atoms with van der Waals surface area (Å²) in [5, 5.41) is 6.81. The van der Waals surface area contributed by atoms with E-state index >= 15 is 0 Å². The zero-order valence-corrected chi connectivity index (χ0v) is 15.5. The molecule has 0 saturated heterocycles. The van der Waals surface area contributed by atoms with Crippen LogP contribution in [0.1, 0.15) is 26.4 Å². The number of nitrogens with zero attached hydrogens (tertiary/aromatic N) is 2. The van der Waals surface area contributed by atoms with Gasteiger partial charge in [-0.05, 0) is 43.7 Å². The van der Waals surface area contributed by atoms with E-state index < -0.39 is 17.6 Å². The summed E-state index contributed by atoms with van der Waals surface area (Å²) in [5.74, 6) is 0.270. The minimum Gasteiger partial charge on any atom is -0.368 e. The third kappa shape index (κ3) is 4.19. The standard InChI is InChI=1S/C18H17F3N4OS/c1-10-11(2)27-17-14(10)15(24-9-25-17)22-7-8-23-16(26)12-3-5-13(6-4-12)18(19,20)21/h3-6,9H,7-8H2,1-2H3,(H,23,26)(H,22,24,25). The van der Waals surface area contributed by atoms with E-state index in [1.54, 1.807) is 11.3 Å². The lowest BCUT2D eigenvalue weighted by Gasteiger charge is -2.10. The highest BCUT2D eigenvalue weighted by molar-refractivity contribution is 7.18. The van der Waals surface area contributed by atoms with Crippen LogP contribution in [0, 0.1) is 13.8 Å². The molecule has 1 aromatic carbocycles.